The van der Waals surface area contributed by atoms with Crippen LogP contribution in [-0.4, -0.2) is 17.3 Å². The number of hydrogen-bond acceptors (Lipinski definition) is 2. The summed E-state index contributed by atoms with van der Waals surface area (Å²) in [5, 5.41) is 0. The smallest absolute Gasteiger partial charge is 0.172 e. The van der Waals surface area contributed by atoms with Crippen LogP contribution in [0.25, 0.3) is 0 Å². The SMILES string of the molecule is CC(C)CSCC(=O)c1ccc(C2CCC2)cc1. The number of hydrogen-bond donors (Lipinski definition) is 0. The Hall–Kier alpha value is -0.760. The van der Waals surface area contributed by atoms with Crippen LogP contribution in [0.1, 0.15) is 54.9 Å². The molecule has 0 unspecified atom stereocenters. The zero-order valence-corrected chi connectivity index (χ0v) is 12.1. The maximum atomic E-state index is 12.0. The Bertz CT molecular complexity index is 390. The summed E-state index contributed by atoms with van der Waals surface area (Å²) in [7, 11) is 0. The molecule has 1 fully saturated rings. The molecule has 0 aliphatic heterocycles. The minimum Gasteiger partial charge on any atom is -0.293 e. The molecule has 98 valence electrons. The first-order valence-corrected chi connectivity index (χ1v) is 8.03. The molecule has 0 heterocycles. The fourth-order valence-electron chi connectivity index (χ4n) is 2.15. The molecule has 1 aliphatic carbocycles. The summed E-state index contributed by atoms with van der Waals surface area (Å²) in [6.45, 7) is 4.37. The fourth-order valence-corrected chi connectivity index (χ4v) is 3.09. The lowest BCUT2D eigenvalue weighted by Crippen LogP contribution is -2.09. The second-order valence-electron chi connectivity index (χ2n) is 5.58. The summed E-state index contributed by atoms with van der Waals surface area (Å²) in [5.41, 5.74) is 2.28. The van der Waals surface area contributed by atoms with Gasteiger partial charge in [-0.2, -0.15) is 11.8 Å². The number of ketones is 1. The molecule has 0 bridgehead atoms. The van der Waals surface area contributed by atoms with Crippen LogP contribution < -0.4 is 0 Å². The Kier molecular flexibility index (Phi) is 4.87. The van der Waals surface area contributed by atoms with Crippen molar-refractivity contribution in [2.75, 3.05) is 11.5 Å². The third-order valence-electron chi connectivity index (χ3n) is 3.49. The topological polar surface area (TPSA) is 17.1 Å². The maximum absolute atomic E-state index is 12.0. The molecule has 0 amide bonds. The lowest BCUT2D eigenvalue weighted by Gasteiger charge is -2.25. The summed E-state index contributed by atoms with van der Waals surface area (Å²) in [6.07, 6.45) is 3.99. The molecule has 1 saturated carbocycles. The average molecular weight is 262 g/mol. The lowest BCUT2D eigenvalue weighted by molar-refractivity contribution is 0.102. The van der Waals surface area contributed by atoms with Crippen molar-refractivity contribution in [2.45, 2.75) is 39.0 Å². The van der Waals surface area contributed by atoms with Crippen LogP contribution in [0.2, 0.25) is 0 Å². The molecule has 0 radical (unpaired) electrons. The number of rotatable bonds is 6. The van der Waals surface area contributed by atoms with E-state index in [9.17, 15) is 4.79 Å². The summed E-state index contributed by atoms with van der Waals surface area (Å²) < 4.78 is 0. The van der Waals surface area contributed by atoms with Gasteiger partial charge in [-0.05, 0) is 36.0 Å². The third kappa shape index (κ3) is 3.61. The van der Waals surface area contributed by atoms with Crippen LogP contribution in [0.3, 0.4) is 0 Å². The van der Waals surface area contributed by atoms with Gasteiger partial charge in [0.15, 0.2) is 5.78 Å². The number of thioether (sulfide) groups is 1. The Morgan fingerprint density at radius 1 is 1.28 bits per heavy atom. The Morgan fingerprint density at radius 2 is 1.94 bits per heavy atom. The summed E-state index contributed by atoms with van der Waals surface area (Å²) in [4.78, 5) is 12.0. The summed E-state index contributed by atoms with van der Waals surface area (Å²) >= 11 is 1.74. The van der Waals surface area contributed by atoms with Gasteiger partial charge in [-0.3, -0.25) is 4.79 Å². The molecule has 1 aromatic carbocycles. The molecule has 0 N–H and O–H groups in total. The van der Waals surface area contributed by atoms with Crippen molar-refractivity contribution in [3.8, 4) is 0 Å². The first kappa shape index (κ1) is 13.7. The first-order valence-electron chi connectivity index (χ1n) is 6.87. The molecule has 1 nitrogen and oxygen atoms in total. The molecular formula is C16H22OS. The van der Waals surface area contributed by atoms with Gasteiger partial charge < -0.3 is 0 Å². The van der Waals surface area contributed by atoms with Crippen LogP contribution in [0.5, 0.6) is 0 Å². The standard InChI is InChI=1S/C16H22OS/c1-12(2)10-18-11-16(17)15-8-6-14(7-9-15)13-4-3-5-13/h6-9,12-13H,3-5,10-11H2,1-2H3. The number of carbonyl (C=O) groups excluding carboxylic acids is 1. The number of carbonyl (C=O) groups is 1. The van der Waals surface area contributed by atoms with E-state index in [-0.39, 0.29) is 5.78 Å². The van der Waals surface area contributed by atoms with Crippen molar-refractivity contribution in [2.24, 2.45) is 5.92 Å². The third-order valence-corrected chi connectivity index (χ3v) is 4.86. The Balaban J connectivity index is 1.86. The Labute approximate surface area is 114 Å². The van der Waals surface area contributed by atoms with Gasteiger partial charge in [0.2, 0.25) is 0 Å². The van der Waals surface area contributed by atoms with E-state index in [2.05, 4.69) is 26.0 Å². The molecule has 18 heavy (non-hydrogen) atoms. The van der Waals surface area contributed by atoms with Gasteiger partial charge in [-0.1, -0.05) is 44.5 Å². The van der Waals surface area contributed by atoms with E-state index in [1.165, 1.54) is 24.8 Å². The highest BCUT2D eigenvalue weighted by atomic mass is 32.2. The zero-order valence-electron chi connectivity index (χ0n) is 11.3. The maximum Gasteiger partial charge on any atom is 0.172 e. The van der Waals surface area contributed by atoms with E-state index in [0.717, 1.165) is 17.2 Å². The normalized spacial score (nSPS) is 15.7. The molecule has 1 aromatic rings. The van der Waals surface area contributed by atoms with Crippen molar-refractivity contribution in [3.05, 3.63) is 35.4 Å². The number of Topliss-reactive ketones (excluding diaryl/α,β-unsaturated/α-hetero) is 1. The Morgan fingerprint density at radius 3 is 2.44 bits per heavy atom. The minimum absolute atomic E-state index is 0.265. The van der Waals surface area contributed by atoms with Gasteiger partial charge in [0.05, 0.1) is 5.75 Å². The van der Waals surface area contributed by atoms with E-state index >= 15 is 0 Å². The monoisotopic (exact) mass is 262 g/mol. The van der Waals surface area contributed by atoms with Gasteiger partial charge in [0.25, 0.3) is 0 Å². The molecule has 0 atom stereocenters. The molecule has 0 spiro atoms. The van der Waals surface area contributed by atoms with Crippen LogP contribution in [0.4, 0.5) is 0 Å². The number of benzene rings is 1. The van der Waals surface area contributed by atoms with E-state index in [0.29, 0.717) is 11.7 Å². The van der Waals surface area contributed by atoms with Crippen LogP contribution in [0, 0.1) is 5.92 Å². The average Bonchev–Trinajstić information content (AvgIpc) is 2.27. The van der Waals surface area contributed by atoms with Crippen LogP contribution in [-0.2, 0) is 0 Å². The van der Waals surface area contributed by atoms with Gasteiger partial charge in [0, 0.05) is 5.56 Å². The molecule has 0 saturated heterocycles. The first-order chi connectivity index (χ1) is 8.66. The predicted octanol–water partition coefficient (Wildman–Crippen LogP) is 4.53. The van der Waals surface area contributed by atoms with E-state index in [4.69, 9.17) is 0 Å². The second kappa shape index (κ2) is 6.42. The molecule has 0 aromatic heterocycles. The van der Waals surface area contributed by atoms with Crippen molar-refractivity contribution in [1.29, 1.82) is 0 Å². The lowest BCUT2D eigenvalue weighted by atomic mass is 9.80. The highest BCUT2D eigenvalue weighted by Crippen LogP contribution is 2.36. The minimum atomic E-state index is 0.265. The van der Waals surface area contributed by atoms with E-state index < -0.39 is 0 Å². The van der Waals surface area contributed by atoms with Gasteiger partial charge in [-0.25, -0.2) is 0 Å². The van der Waals surface area contributed by atoms with E-state index in [1.807, 2.05) is 12.1 Å². The van der Waals surface area contributed by atoms with Crippen LogP contribution in [0.15, 0.2) is 24.3 Å². The molecular weight excluding hydrogens is 240 g/mol. The quantitative estimate of drug-likeness (QED) is 0.701. The molecule has 1 aliphatic rings. The van der Waals surface area contributed by atoms with Gasteiger partial charge >= 0.3 is 0 Å². The zero-order chi connectivity index (χ0) is 13.0. The van der Waals surface area contributed by atoms with Crippen molar-refractivity contribution < 1.29 is 4.79 Å². The predicted molar refractivity (Wildman–Crippen MR) is 79.5 cm³/mol. The van der Waals surface area contributed by atoms with E-state index in [1.54, 1.807) is 11.8 Å². The van der Waals surface area contributed by atoms with Crippen molar-refractivity contribution in [3.63, 3.8) is 0 Å². The summed E-state index contributed by atoms with van der Waals surface area (Å²) in [6, 6.07) is 8.30. The molecule has 2 heteroatoms. The van der Waals surface area contributed by atoms with Crippen LogP contribution >= 0.6 is 11.8 Å². The largest absolute Gasteiger partial charge is 0.293 e. The van der Waals surface area contributed by atoms with Gasteiger partial charge in [0.1, 0.15) is 0 Å². The summed E-state index contributed by atoms with van der Waals surface area (Å²) in [5.74, 6) is 3.35. The highest BCUT2D eigenvalue weighted by molar-refractivity contribution is 7.99. The molecule has 2 rings (SSSR count). The second-order valence-corrected chi connectivity index (χ2v) is 6.61. The van der Waals surface area contributed by atoms with Crippen molar-refractivity contribution >= 4 is 17.5 Å². The highest BCUT2D eigenvalue weighted by Gasteiger charge is 2.19. The fraction of sp³-hybridized carbons (Fsp3) is 0.562. The van der Waals surface area contributed by atoms with Gasteiger partial charge in [-0.15, -0.1) is 0 Å². The van der Waals surface area contributed by atoms with Crippen molar-refractivity contribution in [1.82, 2.24) is 0 Å².